The highest BCUT2D eigenvalue weighted by Crippen LogP contribution is 2.20. The summed E-state index contributed by atoms with van der Waals surface area (Å²) in [5.74, 6) is 0.917. The largest absolute Gasteiger partial charge is 0.384 e. The molecule has 0 fully saturated rings. The first kappa shape index (κ1) is 11.5. The van der Waals surface area contributed by atoms with Crippen LogP contribution in [0.3, 0.4) is 0 Å². The van der Waals surface area contributed by atoms with Crippen LogP contribution in [0, 0.1) is 6.92 Å². The number of nitrogens with zero attached hydrogens (tertiary/aromatic N) is 1. The topological polar surface area (TPSA) is 48.1 Å². The van der Waals surface area contributed by atoms with Crippen molar-refractivity contribution in [2.24, 2.45) is 5.73 Å². The van der Waals surface area contributed by atoms with Crippen LogP contribution in [0.15, 0.2) is 17.2 Å². The Morgan fingerprint density at radius 3 is 2.93 bits per heavy atom. The summed E-state index contributed by atoms with van der Waals surface area (Å²) in [7, 11) is 1.70. The number of hydrogen-bond acceptors (Lipinski definition) is 4. The Kier molecular flexibility index (Phi) is 4.93. The standard InChI is InChI=1S/C10H16N2OS/c1-8-3-4-9(7-11)10(12-8)14-6-5-13-2/h3-4H,5-7,11H2,1-2H3. The molecule has 4 heteroatoms. The van der Waals surface area contributed by atoms with E-state index in [4.69, 9.17) is 10.5 Å². The van der Waals surface area contributed by atoms with E-state index in [0.717, 1.165) is 28.6 Å². The summed E-state index contributed by atoms with van der Waals surface area (Å²) in [6, 6.07) is 4.03. The highest BCUT2D eigenvalue weighted by Gasteiger charge is 2.03. The number of aryl methyl sites for hydroxylation is 1. The molecule has 0 bridgehead atoms. The maximum Gasteiger partial charge on any atom is 0.101 e. The fraction of sp³-hybridized carbons (Fsp3) is 0.500. The number of nitrogens with two attached hydrogens (primary N) is 1. The molecule has 0 aliphatic carbocycles. The maximum absolute atomic E-state index is 5.62. The van der Waals surface area contributed by atoms with Crippen molar-refractivity contribution in [2.75, 3.05) is 19.5 Å². The number of aromatic nitrogens is 1. The molecule has 1 aromatic heterocycles. The maximum atomic E-state index is 5.62. The van der Waals surface area contributed by atoms with Crippen molar-refractivity contribution in [3.63, 3.8) is 0 Å². The van der Waals surface area contributed by atoms with E-state index in [1.165, 1.54) is 0 Å². The zero-order valence-corrected chi connectivity index (χ0v) is 9.43. The van der Waals surface area contributed by atoms with Gasteiger partial charge in [-0.1, -0.05) is 6.07 Å². The van der Waals surface area contributed by atoms with Crippen molar-refractivity contribution in [1.82, 2.24) is 4.98 Å². The number of hydrogen-bond donors (Lipinski definition) is 1. The minimum Gasteiger partial charge on any atom is -0.384 e. The Morgan fingerprint density at radius 1 is 1.50 bits per heavy atom. The van der Waals surface area contributed by atoms with E-state index in [9.17, 15) is 0 Å². The van der Waals surface area contributed by atoms with Gasteiger partial charge >= 0.3 is 0 Å². The average Bonchev–Trinajstić information content (AvgIpc) is 2.19. The van der Waals surface area contributed by atoms with Crippen LogP contribution in [0.5, 0.6) is 0 Å². The van der Waals surface area contributed by atoms with Gasteiger partial charge in [-0.25, -0.2) is 4.98 Å². The summed E-state index contributed by atoms with van der Waals surface area (Å²) in [6.07, 6.45) is 0. The number of ether oxygens (including phenoxy) is 1. The Hall–Kier alpha value is -0.580. The van der Waals surface area contributed by atoms with E-state index in [0.29, 0.717) is 6.54 Å². The van der Waals surface area contributed by atoms with Crippen molar-refractivity contribution in [3.05, 3.63) is 23.4 Å². The van der Waals surface area contributed by atoms with Crippen LogP contribution in [0.4, 0.5) is 0 Å². The van der Waals surface area contributed by atoms with Crippen molar-refractivity contribution in [1.29, 1.82) is 0 Å². The molecule has 14 heavy (non-hydrogen) atoms. The van der Waals surface area contributed by atoms with Gasteiger partial charge in [0.25, 0.3) is 0 Å². The Balaban J connectivity index is 2.67. The minimum atomic E-state index is 0.544. The van der Waals surface area contributed by atoms with Crippen LogP contribution in [0.1, 0.15) is 11.3 Å². The fourth-order valence-electron chi connectivity index (χ4n) is 1.06. The van der Waals surface area contributed by atoms with Crippen molar-refractivity contribution in [3.8, 4) is 0 Å². The van der Waals surface area contributed by atoms with E-state index < -0.39 is 0 Å². The highest BCUT2D eigenvalue weighted by atomic mass is 32.2. The second kappa shape index (κ2) is 6.01. The van der Waals surface area contributed by atoms with E-state index in [-0.39, 0.29) is 0 Å². The zero-order valence-electron chi connectivity index (χ0n) is 8.62. The van der Waals surface area contributed by atoms with Crippen LogP contribution in [0.2, 0.25) is 0 Å². The molecule has 3 nitrogen and oxygen atoms in total. The fourth-order valence-corrected chi connectivity index (χ4v) is 2.05. The van der Waals surface area contributed by atoms with Crippen LogP contribution < -0.4 is 5.73 Å². The SMILES string of the molecule is COCCSc1nc(C)ccc1CN. The summed E-state index contributed by atoms with van der Waals surface area (Å²) >= 11 is 1.69. The van der Waals surface area contributed by atoms with Crippen LogP contribution in [-0.4, -0.2) is 24.5 Å². The molecule has 0 spiro atoms. The van der Waals surface area contributed by atoms with Gasteiger partial charge in [0.15, 0.2) is 0 Å². The molecule has 0 saturated carbocycles. The Morgan fingerprint density at radius 2 is 2.29 bits per heavy atom. The lowest BCUT2D eigenvalue weighted by molar-refractivity contribution is 0.218. The normalized spacial score (nSPS) is 10.5. The number of thioether (sulfide) groups is 1. The van der Waals surface area contributed by atoms with Crippen molar-refractivity contribution < 1.29 is 4.74 Å². The molecule has 0 aromatic carbocycles. The van der Waals surface area contributed by atoms with E-state index >= 15 is 0 Å². The van der Waals surface area contributed by atoms with Gasteiger partial charge in [-0.05, 0) is 18.6 Å². The molecular weight excluding hydrogens is 196 g/mol. The smallest absolute Gasteiger partial charge is 0.101 e. The summed E-state index contributed by atoms with van der Waals surface area (Å²) < 4.78 is 4.99. The molecule has 0 saturated heterocycles. The first-order chi connectivity index (χ1) is 6.77. The lowest BCUT2D eigenvalue weighted by Crippen LogP contribution is -2.02. The summed E-state index contributed by atoms with van der Waals surface area (Å²) in [5.41, 5.74) is 7.76. The average molecular weight is 212 g/mol. The monoisotopic (exact) mass is 212 g/mol. The van der Waals surface area contributed by atoms with Gasteiger partial charge in [-0.2, -0.15) is 0 Å². The summed E-state index contributed by atoms with van der Waals surface area (Å²) in [4.78, 5) is 4.44. The minimum absolute atomic E-state index is 0.544. The predicted molar refractivity (Wildman–Crippen MR) is 59.5 cm³/mol. The van der Waals surface area contributed by atoms with Gasteiger partial charge in [-0.3, -0.25) is 0 Å². The zero-order chi connectivity index (χ0) is 10.4. The van der Waals surface area contributed by atoms with Gasteiger partial charge in [-0.15, -0.1) is 11.8 Å². The Labute approximate surface area is 89.1 Å². The molecule has 0 radical (unpaired) electrons. The highest BCUT2D eigenvalue weighted by molar-refractivity contribution is 7.99. The number of pyridine rings is 1. The van der Waals surface area contributed by atoms with E-state index in [2.05, 4.69) is 4.98 Å². The lowest BCUT2D eigenvalue weighted by atomic mass is 10.2. The summed E-state index contributed by atoms with van der Waals surface area (Å²) in [6.45, 7) is 3.27. The van der Waals surface area contributed by atoms with Gasteiger partial charge in [0.05, 0.1) is 6.61 Å². The quantitative estimate of drug-likeness (QED) is 0.595. The third kappa shape index (κ3) is 3.29. The van der Waals surface area contributed by atoms with Crippen molar-refractivity contribution >= 4 is 11.8 Å². The van der Waals surface area contributed by atoms with Gasteiger partial charge in [0.2, 0.25) is 0 Å². The molecule has 1 aromatic rings. The Bertz CT molecular complexity index is 291. The molecule has 0 atom stereocenters. The summed E-state index contributed by atoms with van der Waals surface area (Å²) in [5, 5.41) is 1.03. The third-order valence-corrected chi connectivity index (χ3v) is 2.82. The van der Waals surface area contributed by atoms with E-state index in [1.54, 1.807) is 18.9 Å². The molecule has 0 amide bonds. The molecule has 0 aliphatic rings. The first-order valence-corrected chi connectivity index (χ1v) is 5.55. The van der Waals surface area contributed by atoms with Gasteiger partial charge < -0.3 is 10.5 Å². The molecule has 2 N–H and O–H groups in total. The second-order valence-corrected chi connectivity index (χ2v) is 4.05. The van der Waals surface area contributed by atoms with Gasteiger partial charge in [0.1, 0.15) is 5.03 Å². The molecule has 1 rings (SSSR count). The molecular formula is C10H16N2OS. The molecule has 78 valence electrons. The third-order valence-electron chi connectivity index (χ3n) is 1.82. The van der Waals surface area contributed by atoms with Crippen molar-refractivity contribution in [2.45, 2.75) is 18.5 Å². The van der Waals surface area contributed by atoms with Crippen LogP contribution in [-0.2, 0) is 11.3 Å². The molecule has 1 heterocycles. The molecule has 0 aliphatic heterocycles. The second-order valence-electron chi connectivity index (χ2n) is 2.96. The predicted octanol–water partition coefficient (Wildman–Crippen LogP) is 1.59. The molecule has 0 unspecified atom stereocenters. The van der Waals surface area contributed by atoms with Gasteiger partial charge in [0, 0.05) is 25.1 Å². The lowest BCUT2D eigenvalue weighted by Gasteiger charge is -2.06. The number of rotatable bonds is 5. The van der Waals surface area contributed by atoms with Crippen LogP contribution >= 0.6 is 11.8 Å². The number of methoxy groups -OCH3 is 1. The van der Waals surface area contributed by atoms with E-state index in [1.807, 2.05) is 19.1 Å². The van der Waals surface area contributed by atoms with Crippen LogP contribution in [0.25, 0.3) is 0 Å². The first-order valence-electron chi connectivity index (χ1n) is 4.56.